The molecule has 0 spiro atoms. The quantitative estimate of drug-likeness (QED) is 0.630. The maximum atomic E-state index is 6.38. The van der Waals surface area contributed by atoms with Gasteiger partial charge in [-0.1, -0.05) is 41.9 Å². The molecule has 2 aromatic carbocycles. The molecule has 1 nitrogen and oxygen atoms in total. The number of hydrogen-bond acceptors (Lipinski definition) is 0. The van der Waals surface area contributed by atoms with Crippen LogP contribution in [0, 0.1) is 6.92 Å². The maximum Gasteiger partial charge on any atom is 0.0513 e. The van der Waals surface area contributed by atoms with E-state index in [2.05, 4.69) is 29.2 Å². The van der Waals surface area contributed by atoms with Gasteiger partial charge in [-0.3, -0.25) is 0 Å². The number of aryl methyl sites for hydroxylation is 1. The van der Waals surface area contributed by atoms with Gasteiger partial charge in [-0.05, 0) is 30.2 Å². The predicted molar refractivity (Wildman–Crippen MR) is 73.5 cm³/mol. The van der Waals surface area contributed by atoms with Crippen LogP contribution in [-0.2, 0) is 0 Å². The van der Waals surface area contributed by atoms with Gasteiger partial charge in [0.1, 0.15) is 0 Å². The number of aromatic amines is 1. The number of nitrogens with one attached hydrogen (secondary N) is 1. The van der Waals surface area contributed by atoms with Crippen LogP contribution in [-0.4, -0.2) is 4.98 Å². The van der Waals surface area contributed by atoms with Crippen molar-refractivity contribution in [3.05, 3.63) is 59.2 Å². The van der Waals surface area contributed by atoms with Crippen LogP contribution in [0.5, 0.6) is 0 Å². The van der Waals surface area contributed by atoms with E-state index in [1.165, 1.54) is 10.9 Å². The third kappa shape index (κ3) is 1.63. The van der Waals surface area contributed by atoms with E-state index in [9.17, 15) is 0 Å². The Balaban J connectivity index is 2.34. The van der Waals surface area contributed by atoms with Gasteiger partial charge < -0.3 is 4.98 Å². The summed E-state index contributed by atoms with van der Waals surface area (Å²) in [7, 11) is 0. The number of halogens is 1. The monoisotopic (exact) mass is 241 g/mol. The van der Waals surface area contributed by atoms with Crippen LogP contribution in [0.3, 0.4) is 0 Å². The second-order valence-electron chi connectivity index (χ2n) is 4.18. The Hall–Kier alpha value is -1.73. The van der Waals surface area contributed by atoms with Crippen molar-refractivity contribution in [2.45, 2.75) is 6.92 Å². The van der Waals surface area contributed by atoms with E-state index in [0.717, 1.165) is 21.7 Å². The van der Waals surface area contributed by atoms with Crippen LogP contribution in [0.2, 0.25) is 5.02 Å². The van der Waals surface area contributed by atoms with E-state index in [1.807, 2.05) is 31.3 Å². The van der Waals surface area contributed by atoms with Gasteiger partial charge in [0, 0.05) is 22.7 Å². The molecule has 17 heavy (non-hydrogen) atoms. The Labute approximate surface area is 105 Å². The Morgan fingerprint density at radius 2 is 1.71 bits per heavy atom. The number of rotatable bonds is 1. The van der Waals surface area contributed by atoms with Gasteiger partial charge in [-0.25, -0.2) is 0 Å². The maximum absolute atomic E-state index is 6.38. The Kier molecular flexibility index (Phi) is 2.41. The van der Waals surface area contributed by atoms with Crippen molar-refractivity contribution in [2.24, 2.45) is 0 Å². The first kappa shape index (κ1) is 10.4. The van der Waals surface area contributed by atoms with Gasteiger partial charge in [-0.15, -0.1) is 0 Å². The number of H-pyrrole nitrogens is 1. The van der Waals surface area contributed by atoms with E-state index >= 15 is 0 Å². The summed E-state index contributed by atoms with van der Waals surface area (Å²) in [5, 5.41) is 2.04. The van der Waals surface area contributed by atoms with Gasteiger partial charge in [0.15, 0.2) is 0 Å². The molecule has 0 aliphatic heterocycles. The van der Waals surface area contributed by atoms with Crippen LogP contribution < -0.4 is 0 Å². The van der Waals surface area contributed by atoms with Crippen molar-refractivity contribution in [3.63, 3.8) is 0 Å². The minimum absolute atomic E-state index is 0.834. The van der Waals surface area contributed by atoms with Crippen LogP contribution in [0.1, 0.15) is 5.56 Å². The Bertz CT molecular complexity index is 682. The fraction of sp³-hybridized carbons (Fsp3) is 0.0667. The summed E-state index contributed by atoms with van der Waals surface area (Å²) < 4.78 is 0. The van der Waals surface area contributed by atoms with Gasteiger partial charge in [0.2, 0.25) is 0 Å². The second-order valence-corrected chi connectivity index (χ2v) is 4.56. The van der Waals surface area contributed by atoms with Crippen molar-refractivity contribution in [2.75, 3.05) is 0 Å². The summed E-state index contributed by atoms with van der Waals surface area (Å²) >= 11 is 6.38. The summed E-state index contributed by atoms with van der Waals surface area (Å²) in [5.74, 6) is 0. The first-order valence-electron chi connectivity index (χ1n) is 5.59. The molecule has 0 amide bonds. The zero-order chi connectivity index (χ0) is 11.8. The van der Waals surface area contributed by atoms with Gasteiger partial charge >= 0.3 is 0 Å². The van der Waals surface area contributed by atoms with Gasteiger partial charge in [0.05, 0.1) is 5.02 Å². The molecule has 1 heterocycles. The highest BCUT2D eigenvalue weighted by Gasteiger charge is 2.08. The molecule has 0 aliphatic carbocycles. The highest BCUT2D eigenvalue weighted by molar-refractivity contribution is 6.34. The van der Waals surface area contributed by atoms with E-state index < -0.39 is 0 Å². The minimum Gasteiger partial charge on any atom is -0.361 e. The lowest BCUT2D eigenvalue weighted by atomic mass is 10.00. The van der Waals surface area contributed by atoms with Crippen molar-refractivity contribution < 1.29 is 0 Å². The molecular formula is C15H12ClN. The summed E-state index contributed by atoms with van der Waals surface area (Å²) in [6.45, 7) is 2.03. The molecular weight excluding hydrogens is 230 g/mol. The van der Waals surface area contributed by atoms with Gasteiger partial charge in [-0.2, -0.15) is 0 Å². The molecule has 0 bridgehead atoms. The molecule has 2 heteroatoms. The number of fused-ring (bicyclic) bond motifs is 1. The largest absolute Gasteiger partial charge is 0.361 e. The second kappa shape index (κ2) is 3.94. The molecule has 3 aromatic rings. The Morgan fingerprint density at radius 1 is 0.941 bits per heavy atom. The molecule has 1 aromatic heterocycles. The standard InChI is InChI=1S/C15H12ClN/c1-10-4-2-6-13(15(10)16)11-5-3-7-14-12(11)8-9-17-14/h2-9,17H,1H3. The van der Waals surface area contributed by atoms with Crippen molar-refractivity contribution in [1.29, 1.82) is 0 Å². The van der Waals surface area contributed by atoms with Crippen LogP contribution in [0.4, 0.5) is 0 Å². The molecule has 0 atom stereocenters. The van der Waals surface area contributed by atoms with Crippen LogP contribution >= 0.6 is 11.6 Å². The predicted octanol–water partition coefficient (Wildman–Crippen LogP) is 4.80. The fourth-order valence-corrected chi connectivity index (χ4v) is 2.40. The first-order valence-corrected chi connectivity index (χ1v) is 5.97. The van der Waals surface area contributed by atoms with Crippen molar-refractivity contribution in [1.82, 2.24) is 4.98 Å². The lowest BCUT2D eigenvalue weighted by Gasteiger charge is -2.08. The van der Waals surface area contributed by atoms with E-state index in [-0.39, 0.29) is 0 Å². The number of aromatic nitrogens is 1. The number of benzene rings is 2. The molecule has 0 saturated heterocycles. The summed E-state index contributed by atoms with van der Waals surface area (Å²) in [4.78, 5) is 3.22. The van der Waals surface area contributed by atoms with Crippen molar-refractivity contribution >= 4 is 22.5 Å². The lowest BCUT2D eigenvalue weighted by molar-refractivity contribution is 1.46. The topological polar surface area (TPSA) is 15.8 Å². The summed E-state index contributed by atoms with van der Waals surface area (Å²) in [6, 6.07) is 14.5. The molecule has 0 unspecified atom stereocenters. The van der Waals surface area contributed by atoms with E-state index in [0.29, 0.717) is 0 Å². The molecule has 0 saturated carbocycles. The molecule has 3 rings (SSSR count). The average molecular weight is 242 g/mol. The van der Waals surface area contributed by atoms with Crippen molar-refractivity contribution in [3.8, 4) is 11.1 Å². The summed E-state index contributed by atoms with van der Waals surface area (Å²) in [6.07, 6.45) is 1.96. The Morgan fingerprint density at radius 3 is 2.59 bits per heavy atom. The molecule has 0 fully saturated rings. The third-order valence-electron chi connectivity index (χ3n) is 3.08. The SMILES string of the molecule is Cc1cccc(-c2cccc3[nH]ccc23)c1Cl. The lowest BCUT2D eigenvalue weighted by Crippen LogP contribution is -1.83. The third-order valence-corrected chi connectivity index (χ3v) is 3.58. The van der Waals surface area contributed by atoms with Crippen LogP contribution in [0.25, 0.3) is 22.0 Å². The zero-order valence-electron chi connectivity index (χ0n) is 9.50. The minimum atomic E-state index is 0.834. The van der Waals surface area contributed by atoms with E-state index in [4.69, 9.17) is 11.6 Å². The highest BCUT2D eigenvalue weighted by atomic mass is 35.5. The smallest absolute Gasteiger partial charge is 0.0513 e. The highest BCUT2D eigenvalue weighted by Crippen LogP contribution is 2.34. The average Bonchev–Trinajstić information content (AvgIpc) is 2.81. The van der Waals surface area contributed by atoms with Gasteiger partial charge in [0.25, 0.3) is 0 Å². The summed E-state index contributed by atoms with van der Waals surface area (Å²) in [5.41, 5.74) is 4.52. The molecule has 0 radical (unpaired) electrons. The first-order chi connectivity index (χ1) is 8.27. The normalized spacial score (nSPS) is 10.9. The molecule has 1 N–H and O–H groups in total. The fourth-order valence-electron chi connectivity index (χ4n) is 2.18. The molecule has 0 aliphatic rings. The number of hydrogen-bond donors (Lipinski definition) is 1. The zero-order valence-corrected chi connectivity index (χ0v) is 10.3. The van der Waals surface area contributed by atoms with E-state index in [1.54, 1.807) is 0 Å². The molecule has 84 valence electrons. The van der Waals surface area contributed by atoms with Crippen LogP contribution in [0.15, 0.2) is 48.7 Å².